The molecule has 1 fully saturated rings. The van der Waals surface area contributed by atoms with Crippen molar-refractivity contribution in [2.24, 2.45) is 0 Å². The van der Waals surface area contributed by atoms with Gasteiger partial charge in [-0.2, -0.15) is 0 Å². The first-order chi connectivity index (χ1) is 17.2. The highest BCUT2D eigenvalue weighted by molar-refractivity contribution is 6.30. The number of carbonyl (C=O) groups is 3. The van der Waals surface area contributed by atoms with Crippen LogP contribution in [0.4, 0.5) is 4.79 Å². The van der Waals surface area contributed by atoms with Crippen LogP contribution in [0.15, 0.2) is 48.0 Å². The average molecular weight is 515 g/mol. The number of hydrogen-bond donors (Lipinski definition) is 2. The minimum atomic E-state index is -1.19. The molecule has 0 saturated carbocycles. The molecule has 0 radical (unpaired) electrons. The first-order valence-electron chi connectivity index (χ1n) is 11.5. The molecule has 2 amide bonds. The largest absolute Gasteiger partial charge is 0.490 e. The SMILES string of the molecule is CC(=O)N1CC2CC(c3ccc(OCCOc4ccc(Cl)cc4C)cc3)=C(C(=O)O)C(C1)N2C(=O)O. The molecule has 0 aromatic heterocycles. The number of ether oxygens (including phenoxy) is 2. The molecule has 2 N–H and O–H groups in total. The van der Waals surface area contributed by atoms with Crippen LogP contribution in [0.25, 0.3) is 5.57 Å². The zero-order valence-electron chi connectivity index (χ0n) is 19.9. The Morgan fingerprint density at radius 2 is 1.72 bits per heavy atom. The maximum absolute atomic E-state index is 12.3. The highest BCUT2D eigenvalue weighted by Gasteiger charge is 2.47. The van der Waals surface area contributed by atoms with Gasteiger partial charge in [0.1, 0.15) is 24.7 Å². The summed E-state index contributed by atoms with van der Waals surface area (Å²) in [5.74, 6) is -0.0772. The van der Waals surface area contributed by atoms with Gasteiger partial charge in [0.15, 0.2) is 0 Å². The van der Waals surface area contributed by atoms with Gasteiger partial charge in [-0.05, 0) is 60.4 Å². The lowest BCUT2D eigenvalue weighted by Crippen LogP contribution is -2.64. The molecule has 1 saturated heterocycles. The number of aliphatic carboxylic acids is 1. The van der Waals surface area contributed by atoms with E-state index in [1.54, 1.807) is 36.4 Å². The zero-order valence-corrected chi connectivity index (χ0v) is 20.7. The Morgan fingerprint density at radius 3 is 2.33 bits per heavy atom. The molecule has 9 nitrogen and oxygen atoms in total. The number of carboxylic acids is 1. The van der Waals surface area contributed by atoms with Crippen LogP contribution < -0.4 is 9.47 Å². The first kappa shape index (κ1) is 25.4. The number of hydrogen-bond acceptors (Lipinski definition) is 5. The standard InChI is InChI=1S/C26H27ClN2O7/c1-15-11-18(27)5-8-23(15)36-10-9-35-20-6-3-17(4-7-20)21-12-19-13-28(16(2)30)14-22(24(21)25(31)32)29(19)26(33)34/h3-8,11,19,22H,9-10,12-14H2,1-2H3,(H,31,32)(H,33,34). The Balaban J connectivity index is 1.48. The smallest absolute Gasteiger partial charge is 0.408 e. The molecular weight excluding hydrogens is 488 g/mol. The Bertz CT molecular complexity index is 1210. The van der Waals surface area contributed by atoms with Crippen molar-refractivity contribution in [3.63, 3.8) is 0 Å². The van der Waals surface area contributed by atoms with Gasteiger partial charge in [0.25, 0.3) is 0 Å². The van der Waals surface area contributed by atoms with Crippen molar-refractivity contribution in [1.29, 1.82) is 0 Å². The molecular formula is C26H27ClN2O7. The van der Waals surface area contributed by atoms with Gasteiger partial charge in [0.2, 0.25) is 5.91 Å². The van der Waals surface area contributed by atoms with Crippen LogP contribution in [0, 0.1) is 6.92 Å². The highest BCUT2D eigenvalue weighted by atomic mass is 35.5. The Morgan fingerprint density at radius 1 is 1.03 bits per heavy atom. The molecule has 2 atom stereocenters. The van der Waals surface area contributed by atoms with Crippen LogP contribution in [-0.2, 0) is 9.59 Å². The normalized spacial score (nSPS) is 19.2. The van der Waals surface area contributed by atoms with E-state index in [1.165, 1.54) is 16.7 Å². The van der Waals surface area contributed by atoms with Crippen LogP contribution in [0.3, 0.4) is 0 Å². The van der Waals surface area contributed by atoms with Gasteiger partial charge >= 0.3 is 12.1 Å². The molecule has 190 valence electrons. The van der Waals surface area contributed by atoms with Gasteiger partial charge in [-0.1, -0.05) is 23.7 Å². The van der Waals surface area contributed by atoms with Gasteiger partial charge in [-0.25, -0.2) is 9.59 Å². The number of piperazine rings is 1. The van der Waals surface area contributed by atoms with E-state index in [1.807, 2.05) is 13.0 Å². The van der Waals surface area contributed by atoms with Crippen LogP contribution in [-0.4, -0.2) is 76.4 Å². The number of carbonyl (C=O) groups excluding carboxylic acids is 1. The van der Waals surface area contributed by atoms with E-state index >= 15 is 0 Å². The highest BCUT2D eigenvalue weighted by Crippen LogP contribution is 2.39. The van der Waals surface area contributed by atoms with Gasteiger partial charge in [-0.15, -0.1) is 0 Å². The number of fused-ring (bicyclic) bond motifs is 2. The molecule has 2 aromatic carbocycles. The van der Waals surface area contributed by atoms with Crippen LogP contribution >= 0.6 is 11.6 Å². The summed E-state index contributed by atoms with van der Waals surface area (Å²) >= 11 is 5.96. The van der Waals surface area contributed by atoms with E-state index in [0.29, 0.717) is 35.1 Å². The van der Waals surface area contributed by atoms with Crippen molar-refractivity contribution in [3.8, 4) is 11.5 Å². The molecule has 2 aliphatic heterocycles. The summed E-state index contributed by atoms with van der Waals surface area (Å²) in [6.07, 6.45) is -0.992. The Kier molecular flexibility index (Phi) is 7.40. The third kappa shape index (κ3) is 5.26. The van der Waals surface area contributed by atoms with Crippen molar-refractivity contribution in [2.75, 3.05) is 26.3 Å². The molecule has 4 rings (SSSR count). The van der Waals surface area contributed by atoms with Crippen molar-refractivity contribution >= 4 is 35.1 Å². The molecule has 0 aliphatic carbocycles. The van der Waals surface area contributed by atoms with Crippen molar-refractivity contribution in [2.45, 2.75) is 32.4 Å². The van der Waals surface area contributed by atoms with E-state index < -0.39 is 24.1 Å². The van der Waals surface area contributed by atoms with Crippen molar-refractivity contribution < 1.29 is 34.1 Å². The number of carboxylic acid groups (broad SMARTS) is 2. The fraction of sp³-hybridized carbons (Fsp3) is 0.346. The molecule has 2 heterocycles. The quantitative estimate of drug-likeness (QED) is 0.538. The van der Waals surface area contributed by atoms with E-state index in [0.717, 1.165) is 11.3 Å². The number of aryl methyl sites for hydroxylation is 1. The molecule has 2 aliphatic rings. The van der Waals surface area contributed by atoms with Crippen molar-refractivity contribution in [3.05, 3.63) is 64.2 Å². The fourth-order valence-electron chi connectivity index (χ4n) is 4.84. The summed E-state index contributed by atoms with van der Waals surface area (Å²) in [6, 6.07) is 11.0. The Labute approximate surface area is 213 Å². The maximum atomic E-state index is 12.3. The summed E-state index contributed by atoms with van der Waals surface area (Å²) in [5.41, 5.74) is 2.19. The van der Waals surface area contributed by atoms with E-state index in [4.69, 9.17) is 21.1 Å². The number of rotatable bonds is 7. The fourth-order valence-corrected chi connectivity index (χ4v) is 5.06. The third-order valence-electron chi connectivity index (χ3n) is 6.50. The maximum Gasteiger partial charge on any atom is 0.408 e. The summed E-state index contributed by atoms with van der Waals surface area (Å²) in [6.45, 7) is 4.19. The van der Waals surface area contributed by atoms with Crippen LogP contribution in [0.5, 0.6) is 11.5 Å². The second-order valence-corrected chi connectivity index (χ2v) is 9.25. The summed E-state index contributed by atoms with van der Waals surface area (Å²) in [5, 5.41) is 20.4. The van der Waals surface area contributed by atoms with Crippen molar-refractivity contribution in [1.82, 2.24) is 9.80 Å². The molecule has 2 aromatic rings. The second kappa shape index (κ2) is 10.5. The van der Waals surface area contributed by atoms with Gasteiger partial charge in [0.05, 0.1) is 17.7 Å². The van der Waals surface area contributed by atoms with E-state index in [-0.39, 0.29) is 31.0 Å². The minimum Gasteiger partial charge on any atom is -0.490 e. The third-order valence-corrected chi connectivity index (χ3v) is 6.73. The number of halogens is 1. The number of nitrogens with zero attached hydrogens (tertiary/aromatic N) is 2. The first-order valence-corrected chi connectivity index (χ1v) is 11.9. The zero-order chi connectivity index (χ0) is 26.0. The molecule has 10 heteroatoms. The molecule has 0 spiro atoms. The predicted octanol–water partition coefficient (Wildman–Crippen LogP) is 3.93. The molecule has 2 unspecified atom stereocenters. The Hall–Kier alpha value is -3.72. The average Bonchev–Trinajstić information content (AvgIpc) is 2.81. The lowest BCUT2D eigenvalue weighted by Gasteiger charge is -2.49. The predicted molar refractivity (Wildman–Crippen MR) is 132 cm³/mol. The van der Waals surface area contributed by atoms with Gasteiger partial charge in [-0.3, -0.25) is 9.69 Å². The monoisotopic (exact) mass is 514 g/mol. The minimum absolute atomic E-state index is 0.00000249. The topological polar surface area (TPSA) is 117 Å². The molecule has 2 bridgehead atoms. The lowest BCUT2D eigenvalue weighted by molar-refractivity contribution is -0.137. The van der Waals surface area contributed by atoms with Gasteiger partial charge in [0, 0.05) is 25.0 Å². The summed E-state index contributed by atoms with van der Waals surface area (Å²) in [4.78, 5) is 38.8. The summed E-state index contributed by atoms with van der Waals surface area (Å²) in [7, 11) is 0. The van der Waals surface area contributed by atoms with E-state index in [2.05, 4.69) is 0 Å². The lowest BCUT2D eigenvalue weighted by atomic mass is 9.82. The number of amides is 2. The second-order valence-electron chi connectivity index (χ2n) is 8.82. The molecule has 36 heavy (non-hydrogen) atoms. The van der Waals surface area contributed by atoms with Gasteiger partial charge < -0.3 is 24.6 Å². The van der Waals surface area contributed by atoms with Crippen LogP contribution in [0.2, 0.25) is 5.02 Å². The van der Waals surface area contributed by atoms with E-state index in [9.17, 15) is 24.6 Å². The summed E-state index contributed by atoms with van der Waals surface area (Å²) < 4.78 is 11.5. The van der Waals surface area contributed by atoms with Crippen LogP contribution in [0.1, 0.15) is 24.5 Å². The number of benzene rings is 2.